The Kier molecular flexibility index (Phi) is 6.01. The fraction of sp³-hybridized carbons (Fsp3) is 0.280. The summed E-state index contributed by atoms with van der Waals surface area (Å²) in [4.78, 5) is 30.9. The number of carbonyl (C=O) groups is 2. The van der Waals surface area contributed by atoms with Gasteiger partial charge < -0.3 is 24.5 Å². The number of nitrogens with zero attached hydrogens (tertiary/aromatic N) is 1. The van der Waals surface area contributed by atoms with E-state index < -0.39 is 17.7 Å². The molecule has 0 saturated carbocycles. The van der Waals surface area contributed by atoms with Crippen LogP contribution in [0.2, 0.25) is 0 Å². The number of rotatable bonds is 7. The standard InChI is InChI=1S/C25H26N2O5/c1-15-13-16(32-3)9-10-17(15)23(28)21-22(19-14-26-20-8-5-4-7-18(19)20)27(11-6-12-31-2)25(30)24(21)29/h4-5,7-10,13-14,22,26,28H,6,11-12H2,1-3H3/b23-21+. The molecule has 0 bridgehead atoms. The molecule has 1 atom stereocenters. The zero-order valence-electron chi connectivity index (χ0n) is 18.3. The predicted molar refractivity (Wildman–Crippen MR) is 122 cm³/mol. The third-order valence-electron chi connectivity index (χ3n) is 5.89. The van der Waals surface area contributed by atoms with Crippen LogP contribution in [0.4, 0.5) is 0 Å². The Morgan fingerprint density at radius 3 is 2.66 bits per heavy atom. The van der Waals surface area contributed by atoms with E-state index in [0.29, 0.717) is 30.9 Å². The summed E-state index contributed by atoms with van der Waals surface area (Å²) in [5, 5.41) is 12.2. The average Bonchev–Trinajstić information content (AvgIpc) is 3.33. The van der Waals surface area contributed by atoms with Crippen LogP contribution in [0.5, 0.6) is 5.75 Å². The van der Waals surface area contributed by atoms with Gasteiger partial charge in [-0.3, -0.25) is 9.59 Å². The fourth-order valence-electron chi connectivity index (χ4n) is 4.31. The highest BCUT2D eigenvalue weighted by Crippen LogP contribution is 2.42. The van der Waals surface area contributed by atoms with Gasteiger partial charge in [0, 0.05) is 48.5 Å². The number of nitrogens with one attached hydrogen (secondary N) is 1. The average molecular weight is 434 g/mol. The number of methoxy groups -OCH3 is 2. The maximum Gasteiger partial charge on any atom is 0.295 e. The van der Waals surface area contributed by atoms with Crippen LogP contribution in [0, 0.1) is 6.92 Å². The van der Waals surface area contributed by atoms with E-state index in [2.05, 4.69) is 4.98 Å². The van der Waals surface area contributed by atoms with Crippen molar-refractivity contribution in [3.05, 3.63) is 70.9 Å². The predicted octanol–water partition coefficient (Wildman–Crippen LogP) is 3.94. The summed E-state index contributed by atoms with van der Waals surface area (Å²) in [6.07, 6.45) is 2.38. The molecule has 1 aromatic heterocycles. The Labute approximate surface area is 186 Å². The lowest BCUT2D eigenvalue weighted by molar-refractivity contribution is -0.140. The van der Waals surface area contributed by atoms with Crippen LogP contribution in [-0.2, 0) is 14.3 Å². The molecule has 0 aliphatic carbocycles. The Bertz CT molecular complexity index is 1210. The van der Waals surface area contributed by atoms with Crippen LogP contribution < -0.4 is 4.74 Å². The van der Waals surface area contributed by atoms with Crippen molar-refractivity contribution < 1.29 is 24.2 Å². The van der Waals surface area contributed by atoms with Gasteiger partial charge in [-0.15, -0.1) is 0 Å². The maximum atomic E-state index is 13.2. The number of aromatic nitrogens is 1. The molecule has 166 valence electrons. The summed E-state index contributed by atoms with van der Waals surface area (Å²) in [5.74, 6) is -0.852. The maximum absolute atomic E-state index is 13.2. The Morgan fingerprint density at radius 2 is 1.94 bits per heavy atom. The van der Waals surface area contributed by atoms with E-state index >= 15 is 0 Å². The lowest BCUT2D eigenvalue weighted by atomic mass is 9.93. The number of para-hydroxylation sites is 1. The van der Waals surface area contributed by atoms with E-state index in [0.717, 1.165) is 22.0 Å². The minimum absolute atomic E-state index is 0.0884. The molecular weight excluding hydrogens is 408 g/mol. The van der Waals surface area contributed by atoms with Crippen molar-refractivity contribution in [2.75, 3.05) is 27.4 Å². The van der Waals surface area contributed by atoms with Gasteiger partial charge in [0.2, 0.25) is 0 Å². The van der Waals surface area contributed by atoms with Gasteiger partial charge >= 0.3 is 0 Å². The molecule has 1 amide bonds. The minimum Gasteiger partial charge on any atom is -0.507 e. The molecule has 0 spiro atoms. The largest absolute Gasteiger partial charge is 0.507 e. The first-order valence-electron chi connectivity index (χ1n) is 10.5. The number of aliphatic hydroxyl groups is 1. The molecule has 2 heterocycles. The molecular formula is C25H26N2O5. The second-order valence-electron chi connectivity index (χ2n) is 7.81. The Morgan fingerprint density at radius 1 is 1.16 bits per heavy atom. The molecule has 2 N–H and O–H groups in total. The first-order chi connectivity index (χ1) is 15.5. The molecule has 0 radical (unpaired) electrons. The minimum atomic E-state index is -0.704. The van der Waals surface area contributed by atoms with Crippen molar-refractivity contribution >= 4 is 28.4 Å². The number of benzene rings is 2. The monoisotopic (exact) mass is 434 g/mol. The molecule has 1 aliphatic heterocycles. The molecule has 1 saturated heterocycles. The molecule has 1 aliphatic rings. The molecule has 1 fully saturated rings. The lowest BCUT2D eigenvalue weighted by Gasteiger charge is -2.25. The highest BCUT2D eigenvalue weighted by atomic mass is 16.5. The number of aryl methyl sites for hydroxylation is 1. The van der Waals surface area contributed by atoms with Crippen molar-refractivity contribution in [3.63, 3.8) is 0 Å². The summed E-state index contributed by atoms with van der Waals surface area (Å²) in [7, 11) is 3.16. The molecule has 7 nitrogen and oxygen atoms in total. The van der Waals surface area contributed by atoms with E-state index in [-0.39, 0.29) is 11.3 Å². The molecule has 2 aromatic carbocycles. The van der Waals surface area contributed by atoms with E-state index in [1.165, 1.54) is 4.90 Å². The fourth-order valence-corrected chi connectivity index (χ4v) is 4.31. The second kappa shape index (κ2) is 8.88. The Balaban J connectivity index is 1.89. The van der Waals surface area contributed by atoms with Crippen molar-refractivity contribution in [2.24, 2.45) is 0 Å². The third-order valence-corrected chi connectivity index (χ3v) is 5.89. The van der Waals surface area contributed by atoms with Crippen LogP contribution in [0.25, 0.3) is 16.7 Å². The number of carbonyl (C=O) groups excluding carboxylic acids is 2. The number of aromatic amines is 1. The van der Waals surface area contributed by atoms with Gasteiger partial charge in [-0.25, -0.2) is 0 Å². The van der Waals surface area contributed by atoms with Gasteiger partial charge in [-0.1, -0.05) is 18.2 Å². The highest BCUT2D eigenvalue weighted by molar-refractivity contribution is 6.46. The van der Waals surface area contributed by atoms with Crippen molar-refractivity contribution in [1.29, 1.82) is 0 Å². The Hall–Kier alpha value is -3.58. The van der Waals surface area contributed by atoms with Gasteiger partial charge in [0.25, 0.3) is 11.7 Å². The number of aliphatic hydroxyl groups excluding tert-OH is 1. The van der Waals surface area contributed by atoms with E-state index in [1.54, 1.807) is 38.6 Å². The number of likely N-dealkylation sites (tertiary alicyclic amines) is 1. The molecule has 1 unspecified atom stereocenters. The quantitative estimate of drug-likeness (QED) is 0.254. The van der Waals surface area contributed by atoms with Crippen molar-refractivity contribution in [2.45, 2.75) is 19.4 Å². The zero-order valence-corrected chi connectivity index (χ0v) is 18.3. The third kappa shape index (κ3) is 3.65. The van der Waals surface area contributed by atoms with Crippen molar-refractivity contribution in [1.82, 2.24) is 9.88 Å². The normalized spacial score (nSPS) is 18.0. The number of ether oxygens (including phenoxy) is 2. The van der Waals surface area contributed by atoms with E-state index in [9.17, 15) is 14.7 Å². The van der Waals surface area contributed by atoms with Crippen LogP contribution in [0.1, 0.15) is 29.2 Å². The molecule has 7 heteroatoms. The number of hydrogen-bond donors (Lipinski definition) is 2. The molecule has 32 heavy (non-hydrogen) atoms. The van der Waals surface area contributed by atoms with E-state index in [4.69, 9.17) is 9.47 Å². The number of ketones is 1. The van der Waals surface area contributed by atoms with Crippen LogP contribution in [0.15, 0.2) is 54.2 Å². The summed E-state index contributed by atoms with van der Waals surface area (Å²) in [5.41, 5.74) is 2.98. The van der Waals surface area contributed by atoms with Crippen molar-refractivity contribution in [3.8, 4) is 5.75 Å². The first-order valence-corrected chi connectivity index (χ1v) is 10.5. The number of Topliss-reactive ketones (excluding diaryl/α,β-unsaturated/α-hetero) is 1. The SMILES string of the molecule is COCCCN1C(=O)C(=O)/C(=C(/O)c2ccc(OC)cc2C)C1c1c[nH]c2ccccc12. The van der Waals surface area contributed by atoms with Gasteiger partial charge in [0.1, 0.15) is 11.5 Å². The van der Waals surface area contributed by atoms with Crippen LogP contribution >= 0.6 is 0 Å². The van der Waals surface area contributed by atoms with Crippen LogP contribution in [-0.4, -0.2) is 54.1 Å². The smallest absolute Gasteiger partial charge is 0.295 e. The van der Waals surface area contributed by atoms with Gasteiger partial charge in [-0.2, -0.15) is 0 Å². The topological polar surface area (TPSA) is 91.9 Å². The second-order valence-corrected chi connectivity index (χ2v) is 7.81. The summed E-state index contributed by atoms with van der Waals surface area (Å²) >= 11 is 0. The zero-order chi connectivity index (χ0) is 22.8. The van der Waals surface area contributed by atoms with Gasteiger partial charge in [-0.05, 0) is 43.2 Å². The van der Waals surface area contributed by atoms with Gasteiger partial charge in [0.05, 0.1) is 18.7 Å². The first kappa shape index (κ1) is 21.6. The van der Waals surface area contributed by atoms with Crippen LogP contribution in [0.3, 0.4) is 0 Å². The molecule has 4 rings (SSSR count). The summed E-state index contributed by atoms with van der Waals surface area (Å²) < 4.78 is 10.4. The summed E-state index contributed by atoms with van der Waals surface area (Å²) in [6, 6.07) is 12.2. The lowest BCUT2D eigenvalue weighted by Crippen LogP contribution is -2.31. The summed E-state index contributed by atoms with van der Waals surface area (Å²) in [6.45, 7) is 2.62. The number of fused-ring (bicyclic) bond motifs is 1. The number of amides is 1. The molecule has 3 aromatic rings. The number of H-pyrrole nitrogens is 1. The number of hydrogen-bond acceptors (Lipinski definition) is 5. The highest BCUT2D eigenvalue weighted by Gasteiger charge is 2.46. The van der Waals surface area contributed by atoms with E-state index in [1.807, 2.05) is 31.2 Å². The van der Waals surface area contributed by atoms with Gasteiger partial charge in [0.15, 0.2) is 0 Å².